The monoisotopic (exact) mass is 307 g/mol. The lowest BCUT2D eigenvalue weighted by Gasteiger charge is -2.43. The third kappa shape index (κ3) is 3.49. The highest BCUT2D eigenvalue weighted by Crippen LogP contribution is 2.39. The highest BCUT2D eigenvalue weighted by Gasteiger charge is 2.38. The first-order valence-electron chi connectivity index (χ1n) is 7.84. The summed E-state index contributed by atoms with van der Waals surface area (Å²) in [7, 11) is 1.74. The molecule has 0 amide bonds. The molecule has 0 radical (unpaired) electrons. The van der Waals surface area contributed by atoms with Crippen molar-refractivity contribution in [3.05, 3.63) is 23.8 Å². The Hall–Kier alpha value is -0.870. The zero-order chi connectivity index (χ0) is 14.7. The molecule has 0 aliphatic carbocycles. The first-order valence-corrected chi connectivity index (χ1v) is 8.99. The van der Waals surface area contributed by atoms with E-state index in [0.717, 1.165) is 30.9 Å². The Morgan fingerprint density at radius 2 is 2.14 bits per heavy atom. The van der Waals surface area contributed by atoms with Gasteiger partial charge in [-0.3, -0.25) is 0 Å². The summed E-state index contributed by atoms with van der Waals surface area (Å²) in [5, 5.41) is 3.70. The van der Waals surface area contributed by atoms with E-state index in [0.29, 0.717) is 6.04 Å². The fourth-order valence-electron chi connectivity index (χ4n) is 3.40. The summed E-state index contributed by atoms with van der Waals surface area (Å²) < 4.78 is 11.7. The SMILES string of the molecule is COc1ccc(C)cc1NC1CCOC2(CCSCC2)C1. The van der Waals surface area contributed by atoms with Crippen LogP contribution in [0.4, 0.5) is 5.69 Å². The van der Waals surface area contributed by atoms with Crippen LogP contribution in [0, 0.1) is 6.92 Å². The van der Waals surface area contributed by atoms with E-state index in [2.05, 4.69) is 36.1 Å². The minimum absolute atomic E-state index is 0.123. The van der Waals surface area contributed by atoms with Crippen LogP contribution in [-0.2, 0) is 4.74 Å². The average molecular weight is 307 g/mol. The van der Waals surface area contributed by atoms with E-state index in [1.165, 1.54) is 29.9 Å². The minimum Gasteiger partial charge on any atom is -0.495 e. The van der Waals surface area contributed by atoms with Crippen molar-refractivity contribution in [3.8, 4) is 5.75 Å². The summed E-state index contributed by atoms with van der Waals surface area (Å²) in [4.78, 5) is 0. The molecule has 0 saturated carbocycles. The van der Waals surface area contributed by atoms with Crippen LogP contribution >= 0.6 is 11.8 Å². The van der Waals surface area contributed by atoms with Gasteiger partial charge >= 0.3 is 0 Å². The maximum atomic E-state index is 6.17. The Morgan fingerprint density at radius 3 is 2.90 bits per heavy atom. The Balaban J connectivity index is 1.71. The van der Waals surface area contributed by atoms with E-state index < -0.39 is 0 Å². The van der Waals surface area contributed by atoms with Gasteiger partial charge in [-0.05, 0) is 61.8 Å². The summed E-state index contributed by atoms with van der Waals surface area (Å²) in [6.07, 6.45) is 4.58. The van der Waals surface area contributed by atoms with Gasteiger partial charge < -0.3 is 14.8 Å². The summed E-state index contributed by atoms with van der Waals surface area (Å²) in [6.45, 7) is 2.99. The van der Waals surface area contributed by atoms with Gasteiger partial charge in [-0.1, -0.05) is 6.07 Å². The third-order valence-electron chi connectivity index (χ3n) is 4.61. The summed E-state index contributed by atoms with van der Waals surface area (Å²) in [6, 6.07) is 6.80. The largest absolute Gasteiger partial charge is 0.495 e. The lowest BCUT2D eigenvalue weighted by Crippen LogP contribution is -2.46. The lowest BCUT2D eigenvalue weighted by atomic mass is 9.85. The number of rotatable bonds is 3. The van der Waals surface area contributed by atoms with Crippen LogP contribution in [0.5, 0.6) is 5.75 Å². The molecule has 1 aromatic carbocycles. The Morgan fingerprint density at radius 1 is 1.33 bits per heavy atom. The Labute approximate surface area is 131 Å². The second-order valence-corrected chi connectivity index (χ2v) is 7.41. The molecule has 1 N–H and O–H groups in total. The molecular formula is C17H25NO2S. The van der Waals surface area contributed by atoms with Crippen molar-refractivity contribution in [1.82, 2.24) is 0 Å². The van der Waals surface area contributed by atoms with Gasteiger partial charge in [0.15, 0.2) is 0 Å². The minimum atomic E-state index is 0.123. The first kappa shape index (κ1) is 15.0. The maximum absolute atomic E-state index is 6.17. The van der Waals surface area contributed by atoms with Gasteiger partial charge in [0, 0.05) is 12.6 Å². The molecule has 21 heavy (non-hydrogen) atoms. The maximum Gasteiger partial charge on any atom is 0.141 e. The molecule has 1 unspecified atom stereocenters. The molecule has 1 atom stereocenters. The van der Waals surface area contributed by atoms with E-state index in [4.69, 9.17) is 9.47 Å². The topological polar surface area (TPSA) is 30.5 Å². The molecule has 0 aromatic heterocycles. The number of hydrogen-bond donors (Lipinski definition) is 1. The highest BCUT2D eigenvalue weighted by atomic mass is 32.2. The average Bonchev–Trinajstić information content (AvgIpc) is 2.48. The molecule has 4 heteroatoms. The number of anilines is 1. The number of thioether (sulfide) groups is 1. The van der Waals surface area contributed by atoms with Crippen LogP contribution in [0.2, 0.25) is 0 Å². The molecule has 0 bridgehead atoms. The van der Waals surface area contributed by atoms with Crippen molar-refractivity contribution >= 4 is 17.4 Å². The van der Waals surface area contributed by atoms with Crippen molar-refractivity contribution in [1.29, 1.82) is 0 Å². The molecular weight excluding hydrogens is 282 g/mol. The smallest absolute Gasteiger partial charge is 0.141 e. The molecule has 2 heterocycles. The zero-order valence-electron chi connectivity index (χ0n) is 13.0. The normalized spacial score (nSPS) is 24.8. The molecule has 1 aromatic rings. The fourth-order valence-corrected chi connectivity index (χ4v) is 4.63. The molecule has 2 fully saturated rings. The second kappa shape index (κ2) is 6.49. The van der Waals surface area contributed by atoms with E-state index in [-0.39, 0.29) is 5.60 Å². The van der Waals surface area contributed by atoms with Crippen molar-refractivity contribution in [2.45, 2.75) is 44.2 Å². The number of benzene rings is 1. The number of hydrogen-bond acceptors (Lipinski definition) is 4. The number of aryl methyl sites for hydroxylation is 1. The van der Waals surface area contributed by atoms with Gasteiger partial charge in [0.05, 0.1) is 18.4 Å². The quantitative estimate of drug-likeness (QED) is 0.918. The Kier molecular flexibility index (Phi) is 4.65. The predicted molar refractivity (Wildman–Crippen MR) is 89.6 cm³/mol. The summed E-state index contributed by atoms with van der Waals surface area (Å²) in [5.41, 5.74) is 2.50. The number of methoxy groups -OCH3 is 1. The van der Waals surface area contributed by atoms with Gasteiger partial charge in [0.2, 0.25) is 0 Å². The van der Waals surface area contributed by atoms with Gasteiger partial charge in [0.1, 0.15) is 5.75 Å². The van der Waals surface area contributed by atoms with Crippen molar-refractivity contribution < 1.29 is 9.47 Å². The predicted octanol–water partition coefficient (Wildman–Crippen LogP) is 3.86. The van der Waals surface area contributed by atoms with Crippen molar-refractivity contribution in [2.75, 3.05) is 30.5 Å². The van der Waals surface area contributed by atoms with Gasteiger partial charge in [-0.2, -0.15) is 11.8 Å². The van der Waals surface area contributed by atoms with E-state index in [1.807, 2.05) is 6.07 Å². The van der Waals surface area contributed by atoms with Gasteiger partial charge in [0.25, 0.3) is 0 Å². The van der Waals surface area contributed by atoms with Crippen LogP contribution in [0.1, 0.15) is 31.2 Å². The molecule has 116 valence electrons. The first-order chi connectivity index (χ1) is 10.2. The molecule has 3 nitrogen and oxygen atoms in total. The van der Waals surface area contributed by atoms with E-state index in [1.54, 1.807) is 7.11 Å². The zero-order valence-corrected chi connectivity index (χ0v) is 13.8. The molecule has 2 aliphatic rings. The lowest BCUT2D eigenvalue weighted by molar-refractivity contribution is -0.0865. The van der Waals surface area contributed by atoms with Crippen molar-refractivity contribution in [2.24, 2.45) is 0 Å². The molecule has 3 rings (SSSR count). The standard InChI is InChI=1S/C17H25NO2S/c1-13-3-4-16(19-2)15(11-13)18-14-5-8-20-17(12-14)6-9-21-10-7-17/h3-4,11,14,18H,5-10,12H2,1-2H3. The number of ether oxygens (including phenoxy) is 2. The number of nitrogens with one attached hydrogen (secondary N) is 1. The summed E-state index contributed by atoms with van der Waals surface area (Å²) >= 11 is 2.06. The van der Waals surface area contributed by atoms with Gasteiger partial charge in [-0.25, -0.2) is 0 Å². The van der Waals surface area contributed by atoms with E-state index >= 15 is 0 Å². The van der Waals surface area contributed by atoms with Crippen LogP contribution in [0.15, 0.2) is 18.2 Å². The van der Waals surface area contributed by atoms with Crippen LogP contribution in [0.3, 0.4) is 0 Å². The molecule has 1 spiro atoms. The molecule has 2 saturated heterocycles. The van der Waals surface area contributed by atoms with Crippen molar-refractivity contribution in [3.63, 3.8) is 0 Å². The fraction of sp³-hybridized carbons (Fsp3) is 0.647. The molecule has 2 aliphatic heterocycles. The summed E-state index contributed by atoms with van der Waals surface area (Å²) in [5.74, 6) is 3.40. The van der Waals surface area contributed by atoms with Crippen LogP contribution < -0.4 is 10.1 Å². The van der Waals surface area contributed by atoms with Gasteiger partial charge in [-0.15, -0.1) is 0 Å². The van der Waals surface area contributed by atoms with Crippen LogP contribution in [-0.4, -0.2) is 36.9 Å². The highest BCUT2D eigenvalue weighted by molar-refractivity contribution is 7.99. The third-order valence-corrected chi connectivity index (χ3v) is 5.60. The van der Waals surface area contributed by atoms with E-state index in [9.17, 15) is 0 Å². The second-order valence-electron chi connectivity index (χ2n) is 6.18. The Bertz CT molecular complexity index is 480. The van der Waals surface area contributed by atoms with Crippen LogP contribution in [0.25, 0.3) is 0 Å².